The number of ether oxygens (including phenoxy) is 1. The lowest BCUT2D eigenvalue weighted by molar-refractivity contribution is -0.141. The number of methoxy groups -OCH3 is 1. The number of carbonyl (C=O) groups excluding carboxylic acids is 1. The monoisotopic (exact) mass is 315 g/mol. The second kappa shape index (κ2) is 6.39. The van der Waals surface area contributed by atoms with Gasteiger partial charge < -0.3 is 10.1 Å². The first-order valence-electron chi connectivity index (χ1n) is 6.89. The van der Waals surface area contributed by atoms with Gasteiger partial charge in [0.2, 0.25) is 0 Å². The van der Waals surface area contributed by atoms with Gasteiger partial charge in [0.1, 0.15) is 24.5 Å². The second-order valence-electron chi connectivity index (χ2n) is 4.82. The molecule has 0 aliphatic carbocycles. The summed E-state index contributed by atoms with van der Waals surface area (Å²) in [7, 11) is 1.32. The SMILES string of the molecule is COC(=O)Cn1ncc2c(NCc3ccc(F)cc3)ncnc21. The number of halogens is 1. The maximum Gasteiger partial charge on any atom is 0.327 e. The van der Waals surface area contributed by atoms with Crippen molar-refractivity contribution in [1.82, 2.24) is 19.7 Å². The number of esters is 1. The molecule has 1 N–H and O–H groups in total. The summed E-state index contributed by atoms with van der Waals surface area (Å²) in [6.07, 6.45) is 2.98. The van der Waals surface area contributed by atoms with Crippen LogP contribution in [0.5, 0.6) is 0 Å². The molecule has 0 atom stereocenters. The predicted octanol–water partition coefficient (Wildman–Crippen LogP) is 1.75. The van der Waals surface area contributed by atoms with Crippen LogP contribution in [0.1, 0.15) is 5.56 Å². The van der Waals surface area contributed by atoms with Gasteiger partial charge in [0, 0.05) is 6.54 Å². The molecule has 3 aromatic rings. The van der Waals surface area contributed by atoms with Crippen LogP contribution in [0.25, 0.3) is 11.0 Å². The molecule has 23 heavy (non-hydrogen) atoms. The second-order valence-corrected chi connectivity index (χ2v) is 4.82. The van der Waals surface area contributed by atoms with Crippen molar-refractivity contribution in [3.8, 4) is 0 Å². The fourth-order valence-electron chi connectivity index (χ4n) is 2.12. The lowest BCUT2D eigenvalue weighted by Crippen LogP contribution is -2.13. The van der Waals surface area contributed by atoms with Crippen LogP contribution in [0.4, 0.5) is 10.2 Å². The Morgan fingerprint density at radius 3 is 2.83 bits per heavy atom. The molecule has 0 fully saturated rings. The van der Waals surface area contributed by atoms with Crippen LogP contribution in [-0.4, -0.2) is 32.8 Å². The molecule has 0 aliphatic rings. The van der Waals surface area contributed by atoms with Gasteiger partial charge >= 0.3 is 5.97 Å². The van der Waals surface area contributed by atoms with Gasteiger partial charge in [0.15, 0.2) is 5.65 Å². The Morgan fingerprint density at radius 1 is 1.30 bits per heavy atom. The summed E-state index contributed by atoms with van der Waals surface area (Å²) in [6.45, 7) is 0.461. The average molecular weight is 315 g/mol. The van der Waals surface area contributed by atoms with Crippen molar-refractivity contribution in [1.29, 1.82) is 0 Å². The smallest absolute Gasteiger partial charge is 0.327 e. The minimum Gasteiger partial charge on any atom is -0.468 e. The zero-order valence-electron chi connectivity index (χ0n) is 12.4. The van der Waals surface area contributed by atoms with Gasteiger partial charge in [-0.3, -0.25) is 4.79 Å². The van der Waals surface area contributed by atoms with Gasteiger partial charge in [-0.15, -0.1) is 0 Å². The summed E-state index contributed by atoms with van der Waals surface area (Å²) in [5.41, 5.74) is 1.45. The molecule has 7 nitrogen and oxygen atoms in total. The highest BCUT2D eigenvalue weighted by molar-refractivity contribution is 5.86. The van der Waals surface area contributed by atoms with Crippen molar-refractivity contribution < 1.29 is 13.9 Å². The van der Waals surface area contributed by atoms with Crippen LogP contribution in [-0.2, 0) is 22.6 Å². The molecule has 0 aliphatic heterocycles. The standard InChI is InChI=1S/C15H14FN5O2/c1-23-13(22)8-21-15-12(7-20-21)14(18-9-19-15)17-6-10-2-4-11(16)5-3-10/h2-5,7,9H,6,8H2,1H3,(H,17,18,19). The fourth-order valence-corrected chi connectivity index (χ4v) is 2.12. The highest BCUT2D eigenvalue weighted by atomic mass is 19.1. The summed E-state index contributed by atoms with van der Waals surface area (Å²) >= 11 is 0. The molecule has 0 saturated heterocycles. The molecule has 2 heterocycles. The van der Waals surface area contributed by atoms with E-state index in [9.17, 15) is 9.18 Å². The van der Waals surface area contributed by atoms with Crippen molar-refractivity contribution in [3.63, 3.8) is 0 Å². The lowest BCUT2D eigenvalue weighted by Gasteiger charge is -2.07. The molecular formula is C15H14FN5O2. The van der Waals surface area contributed by atoms with Gasteiger partial charge in [0.25, 0.3) is 0 Å². The molecule has 3 rings (SSSR count). The van der Waals surface area contributed by atoms with E-state index in [0.717, 1.165) is 5.56 Å². The highest BCUT2D eigenvalue weighted by Gasteiger charge is 2.12. The third kappa shape index (κ3) is 3.25. The quantitative estimate of drug-likeness (QED) is 0.722. The van der Waals surface area contributed by atoms with E-state index in [-0.39, 0.29) is 12.4 Å². The van der Waals surface area contributed by atoms with Crippen molar-refractivity contribution in [2.75, 3.05) is 12.4 Å². The van der Waals surface area contributed by atoms with Crippen LogP contribution < -0.4 is 5.32 Å². The van der Waals surface area contributed by atoms with Gasteiger partial charge in [-0.25, -0.2) is 19.0 Å². The number of rotatable bonds is 5. The van der Waals surface area contributed by atoms with E-state index in [4.69, 9.17) is 0 Å². The third-order valence-electron chi connectivity index (χ3n) is 3.31. The fraction of sp³-hybridized carbons (Fsp3) is 0.200. The molecule has 2 aromatic heterocycles. The van der Waals surface area contributed by atoms with Gasteiger partial charge in [0.05, 0.1) is 18.7 Å². The maximum atomic E-state index is 12.9. The van der Waals surface area contributed by atoms with E-state index in [0.29, 0.717) is 23.4 Å². The van der Waals surface area contributed by atoms with Gasteiger partial charge in [-0.05, 0) is 17.7 Å². The molecule has 1 aromatic carbocycles. The molecule has 0 unspecified atom stereocenters. The van der Waals surface area contributed by atoms with Crippen molar-refractivity contribution in [2.24, 2.45) is 0 Å². The first-order valence-corrected chi connectivity index (χ1v) is 6.89. The van der Waals surface area contributed by atoms with Crippen LogP contribution in [0, 0.1) is 5.82 Å². The Labute approximate surface area is 131 Å². The molecular weight excluding hydrogens is 301 g/mol. The molecule has 118 valence electrons. The van der Waals surface area contributed by atoms with Crippen LogP contribution in [0.15, 0.2) is 36.8 Å². The number of nitrogens with zero attached hydrogens (tertiary/aromatic N) is 4. The van der Waals surface area contributed by atoms with E-state index in [1.54, 1.807) is 18.3 Å². The molecule has 0 amide bonds. The highest BCUT2D eigenvalue weighted by Crippen LogP contribution is 2.19. The number of hydrogen-bond donors (Lipinski definition) is 1. The van der Waals surface area contributed by atoms with E-state index in [2.05, 4.69) is 25.1 Å². The zero-order valence-corrected chi connectivity index (χ0v) is 12.4. The summed E-state index contributed by atoms with van der Waals surface area (Å²) in [6, 6.07) is 6.20. The van der Waals surface area contributed by atoms with Gasteiger partial charge in [-0.2, -0.15) is 5.10 Å². The maximum absolute atomic E-state index is 12.9. The number of carbonyl (C=O) groups is 1. The number of hydrogen-bond acceptors (Lipinski definition) is 6. The van der Waals surface area contributed by atoms with Crippen LogP contribution >= 0.6 is 0 Å². The number of aromatic nitrogens is 4. The third-order valence-corrected chi connectivity index (χ3v) is 3.31. The normalized spacial score (nSPS) is 10.7. The van der Waals surface area contributed by atoms with E-state index in [1.807, 2.05) is 0 Å². The zero-order chi connectivity index (χ0) is 16.2. The Bertz CT molecular complexity index is 832. The summed E-state index contributed by atoms with van der Waals surface area (Å²) < 4.78 is 19.0. The Morgan fingerprint density at radius 2 is 2.09 bits per heavy atom. The molecule has 0 radical (unpaired) electrons. The minimum absolute atomic E-state index is 0.0194. The van der Waals surface area contributed by atoms with Crippen LogP contribution in [0.2, 0.25) is 0 Å². The number of anilines is 1. The summed E-state index contributed by atoms with van der Waals surface area (Å²) in [5.74, 6) is -0.0906. The molecule has 0 saturated carbocycles. The predicted molar refractivity (Wildman–Crippen MR) is 81.1 cm³/mol. The largest absolute Gasteiger partial charge is 0.468 e. The number of benzene rings is 1. The van der Waals surface area contributed by atoms with E-state index >= 15 is 0 Å². The topological polar surface area (TPSA) is 81.9 Å². The Kier molecular flexibility index (Phi) is 4.13. The summed E-state index contributed by atoms with van der Waals surface area (Å²) in [5, 5.41) is 7.99. The van der Waals surface area contributed by atoms with Gasteiger partial charge in [-0.1, -0.05) is 12.1 Å². The summed E-state index contributed by atoms with van der Waals surface area (Å²) in [4.78, 5) is 19.7. The van der Waals surface area contributed by atoms with E-state index < -0.39 is 5.97 Å². The van der Waals surface area contributed by atoms with E-state index in [1.165, 1.54) is 30.3 Å². The van der Waals surface area contributed by atoms with Crippen molar-refractivity contribution in [3.05, 3.63) is 48.2 Å². The number of nitrogens with one attached hydrogen (secondary N) is 1. The lowest BCUT2D eigenvalue weighted by atomic mass is 10.2. The minimum atomic E-state index is -0.408. The number of fused-ring (bicyclic) bond motifs is 1. The Hall–Kier alpha value is -3.03. The first kappa shape index (κ1) is 14.9. The Balaban J connectivity index is 1.81. The van der Waals surface area contributed by atoms with Crippen molar-refractivity contribution in [2.45, 2.75) is 13.1 Å². The molecule has 0 spiro atoms. The first-order chi connectivity index (χ1) is 11.2. The molecule has 0 bridgehead atoms. The van der Waals surface area contributed by atoms with Crippen LogP contribution in [0.3, 0.4) is 0 Å². The van der Waals surface area contributed by atoms with Crippen molar-refractivity contribution >= 4 is 22.8 Å². The average Bonchev–Trinajstić information content (AvgIpc) is 2.98. The molecule has 8 heteroatoms.